The molecule has 0 aliphatic heterocycles. The summed E-state index contributed by atoms with van der Waals surface area (Å²) < 4.78 is 0. The van der Waals surface area contributed by atoms with E-state index in [0.717, 1.165) is 11.1 Å². The molecule has 1 heterocycles. The number of benzene rings is 1. The minimum atomic E-state index is -1.28. The average molecular weight is 260 g/mol. The highest BCUT2D eigenvalue weighted by Gasteiger charge is 2.17. The number of urea groups is 1. The normalized spacial score (nSPS) is 10.4. The molecule has 2 rings (SSSR count). The Morgan fingerprint density at radius 1 is 1.16 bits per heavy atom. The smallest absolute Gasteiger partial charge is 0.358 e. The Morgan fingerprint density at radius 3 is 2.16 bits per heavy atom. The van der Waals surface area contributed by atoms with E-state index in [4.69, 9.17) is 10.8 Å². The summed E-state index contributed by atoms with van der Waals surface area (Å²) in [5.74, 6) is -1.44. The van der Waals surface area contributed by atoms with Crippen molar-refractivity contribution >= 4 is 28.9 Å². The van der Waals surface area contributed by atoms with Gasteiger partial charge in [0.2, 0.25) is 0 Å². The Hall–Kier alpha value is -2.70. The maximum Gasteiger partial charge on any atom is 0.358 e. The molecule has 0 fully saturated rings. The molecule has 1 aromatic heterocycles. The SMILES string of the molecule is Cc1cc2nc(NC(N)=O)c(C(=O)O)nc2cc1C. The zero-order chi connectivity index (χ0) is 14.2. The van der Waals surface area contributed by atoms with E-state index in [1.165, 1.54) is 0 Å². The minimum absolute atomic E-state index is 0.157. The van der Waals surface area contributed by atoms with Crippen LogP contribution >= 0.6 is 0 Å². The van der Waals surface area contributed by atoms with Gasteiger partial charge < -0.3 is 10.8 Å². The van der Waals surface area contributed by atoms with Gasteiger partial charge in [-0.15, -0.1) is 0 Å². The highest BCUT2D eigenvalue weighted by Crippen LogP contribution is 2.20. The summed E-state index contributed by atoms with van der Waals surface area (Å²) in [4.78, 5) is 30.0. The Balaban J connectivity index is 2.72. The fourth-order valence-electron chi connectivity index (χ4n) is 1.66. The number of nitrogens with one attached hydrogen (secondary N) is 1. The third-order valence-corrected chi connectivity index (χ3v) is 2.72. The predicted octanol–water partition coefficient (Wildman–Crippen LogP) is 1.44. The van der Waals surface area contributed by atoms with Gasteiger partial charge in [-0.25, -0.2) is 19.6 Å². The van der Waals surface area contributed by atoms with Gasteiger partial charge >= 0.3 is 12.0 Å². The van der Waals surface area contributed by atoms with Crippen LogP contribution in [0, 0.1) is 13.8 Å². The Morgan fingerprint density at radius 2 is 1.68 bits per heavy atom. The Bertz CT molecular complexity index is 697. The largest absolute Gasteiger partial charge is 0.476 e. The van der Waals surface area contributed by atoms with Crippen molar-refractivity contribution in [1.82, 2.24) is 9.97 Å². The number of nitrogens with two attached hydrogens (primary N) is 1. The van der Waals surface area contributed by atoms with Crippen LogP contribution in [-0.4, -0.2) is 27.1 Å². The van der Waals surface area contributed by atoms with Gasteiger partial charge in [-0.05, 0) is 37.1 Å². The molecule has 0 saturated carbocycles. The van der Waals surface area contributed by atoms with Gasteiger partial charge in [-0.1, -0.05) is 0 Å². The van der Waals surface area contributed by atoms with Crippen LogP contribution in [0.5, 0.6) is 0 Å². The number of fused-ring (bicyclic) bond motifs is 1. The van der Waals surface area contributed by atoms with Gasteiger partial charge in [0.15, 0.2) is 11.5 Å². The second-order valence-corrected chi connectivity index (χ2v) is 4.14. The second kappa shape index (κ2) is 4.52. The zero-order valence-corrected chi connectivity index (χ0v) is 10.4. The quantitative estimate of drug-likeness (QED) is 0.754. The van der Waals surface area contributed by atoms with E-state index in [1.807, 2.05) is 13.8 Å². The molecule has 7 nitrogen and oxygen atoms in total. The lowest BCUT2D eigenvalue weighted by molar-refractivity contribution is 0.0692. The molecule has 1 aromatic carbocycles. The first-order valence-corrected chi connectivity index (χ1v) is 5.47. The molecule has 0 aliphatic rings. The number of carbonyl (C=O) groups is 2. The van der Waals surface area contributed by atoms with E-state index in [0.29, 0.717) is 11.0 Å². The molecule has 7 heteroatoms. The van der Waals surface area contributed by atoms with Crippen LogP contribution in [0.4, 0.5) is 10.6 Å². The maximum absolute atomic E-state index is 11.1. The number of hydrogen-bond donors (Lipinski definition) is 3. The molecule has 0 atom stereocenters. The molecule has 2 aromatic rings. The van der Waals surface area contributed by atoms with Crippen molar-refractivity contribution in [2.24, 2.45) is 5.73 Å². The summed E-state index contributed by atoms with van der Waals surface area (Å²) in [6, 6.07) is 2.63. The van der Waals surface area contributed by atoms with Crippen molar-refractivity contribution in [3.63, 3.8) is 0 Å². The van der Waals surface area contributed by atoms with Gasteiger partial charge in [0, 0.05) is 0 Å². The molecule has 98 valence electrons. The van der Waals surface area contributed by atoms with E-state index in [1.54, 1.807) is 12.1 Å². The number of nitrogens with zero attached hydrogens (tertiary/aromatic N) is 2. The van der Waals surface area contributed by atoms with E-state index >= 15 is 0 Å². The number of carboxylic acids is 1. The summed E-state index contributed by atoms with van der Waals surface area (Å²) in [6.07, 6.45) is 0. The monoisotopic (exact) mass is 260 g/mol. The van der Waals surface area contributed by atoms with Crippen molar-refractivity contribution in [2.75, 3.05) is 5.32 Å². The zero-order valence-electron chi connectivity index (χ0n) is 10.4. The Kier molecular flexibility index (Phi) is 3.04. The molecular formula is C12H12N4O3. The predicted molar refractivity (Wildman–Crippen MR) is 69.2 cm³/mol. The third kappa shape index (κ3) is 2.44. The van der Waals surface area contributed by atoms with Crippen LogP contribution in [0.25, 0.3) is 11.0 Å². The molecule has 0 bridgehead atoms. The molecule has 2 amide bonds. The first-order chi connectivity index (χ1) is 8.88. The maximum atomic E-state index is 11.1. The fraction of sp³-hybridized carbons (Fsp3) is 0.167. The number of aryl methyl sites for hydroxylation is 2. The number of aromatic carboxylic acids is 1. The number of aromatic nitrogens is 2. The first kappa shape index (κ1) is 12.7. The summed E-state index contributed by atoms with van der Waals surface area (Å²) in [6.45, 7) is 3.80. The van der Waals surface area contributed by atoms with Crippen molar-refractivity contribution < 1.29 is 14.7 Å². The minimum Gasteiger partial charge on any atom is -0.476 e. The van der Waals surface area contributed by atoms with Crippen LogP contribution < -0.4 is 11.1 Å². The number of rotatable bonds is 2. The van der Waals surface area contributed by atoms with Crippen molar-refractivity contribution in [2.45, 2.75) is 13.8 Å². The summed E-state index contributed by atoms with van der Waals surface area (Å²) in [7, 11) is 0. The molecule has 0 radical (unpaired) electrons. The lowest BCUT2D eigenvalue weighted by Gasteiger charge is -2.08. The third-order valence-electron chi connectivity index (χ3n) is 2.72. The van der Waals surface area contributed by atoms with Gasteiger partial charge in [0.05, 0.1) is 11.0 Å². The highest BCUT2D eigenvalue weighted by molar-refractivity contribution is 5.99. The fourth-order valence-corrected chi connectivity index (χ4v) is 1.66. The molecule has 0 unspecified atom stereocenters. The highest BCUT2D eigenvalue weighted by atomic mass is 16.4. The van der Waals surface area contributed by atoms with Gasteiger partial charge in [0.25, 0.3) is 0 Å². The van der Waals surface area contributed by atoms with E-state index in [2.05, 4.69) is 15.3 Å². The van der Waals surface area contributed by atoms with Crippen LogP contribution in [0.3, 0.4) is 0 Å². The first-order valence-electron chi connectivity index (χ1n) is 5.47. The lowest BCUT2D eigenvalue weighted by atomic mass is 10.1. The van der Waals surface area contributed by atoms with Crippen molar-refractivity contribution in [3.8, 4) is 0 Å². The Labute approximate surface area is 108 Å². The van der Waals surface area contributed by atoms with Crippen LogP contribution in [0.15, 0.2) is 12.1 Å². The van der Waals surface area contributed by atoms with Crippen molar-refractivity contribution in [1.29, 1.82) is 0 Å². The molecule has 0 saturated heterocycles. The molecule has 4 N–H and O–H groups in total. The number of hydrogen-bond acceptors (Lipinski definition) is 4. The molecular weight excluding hydrogens is 248 g/mol. The lowest BCUT2D eigenvalue weighted by Crippen LogP contribution is -2.22. The molecule has 19 heavy (non-hydrogen) atoms. The number of carbonyl (C=O) groups excluding carboxylic acids is 1. The second-order valence-electron chi connectivity index (χ2n) is 4.14. The van der Waals surface area contributed by atoms with Crippen LogP contribution in [0.1, 0.15) is 21.6 Å². The van der Waals surface area contributed by atoms with E-state index in [-0.39, 0.29) is 11.5 Å². The number of anilines is 1. The summed E-state index contributed by atoms with van der Waals surface area (Å²) >= 11 is 0. The van der Waals surface area contributed by atoms with Gasteiger partial charge in [-0.3, -0.25) is 5.32 Å². The summed E-state index contributed by atoms with van der Waals surface area (Å²) in [5, 5.41) is 11.2. The average Bonchev–Trinajstić information content (AvgIpc) is 2.29. The van der Waals surface area contributed by atoms with Gasteiger partial charge in [0.1, 0.15) is 0 Å². The number of amides is 2. The number of carboxylic acid groups (broad SMARTS) is 1. The van der Waals surface area contributed by atoms with Gasteiger partial charge in [-0.2, -0.15) is 0 Å². The summed E-state index contributed by atoms with van der Waals surface area (Å²) in [5.41, 5.74) is 7.57. The van der Waals surface area contributed by atoms with Crippen LogP contribution in [-0.2, 0) is 0 Å². The molecule has 0 spiro atoms. The number of primary amides is 1. The standard InChI is InChI=1S/C12H12N4O3/c1-5-3-7-8(4-6(5)2)15-10(16-12(13)19)9(14-7)11(17)18/h3-4H,1-2H3,(H,17,18)(H3,13,15,16,19). The molecule has 0 aliphatic carbocycles. The topological polar surface area (TPSA) is 118 Å². The van der Waals surface area contributed by atoms with Crippen molar-refractivity contribution in [3.05, 3.63) is 29.0 Å². The van der Waals surface area contributed by atoms with E-state index in [9.17, 15) is 9.59 Å². The van der Waals surface area contributed by atoms with Crippen LogP contribution in [0.2, 0.25) is 0 Å². The van der Waals surface area contributed by atoms with E-state index < -0.39 is 12.0 Å².